The van der Waals surface area contributed by atoms with Crippen molar-refractivity contribution in [2.45, 2.75) is 35.8 Å². The molecule has 29 heavy (non-hydrogen) atoms. The fourth-order valence-corrected chi connectivity index (χ4v) is 6.11. The molecule has 0 aliphatic rings. The molecule has 0 unspecified atom stereocenters. The predicted molar refractivity (Wildman–Crippen MR) is 98.3 cm³/mol. The van der Waals surface area contributed by atoms with E-state index in [2.05, 4.69) is 0 Å². The van der Waals surface area contributed by atoms with Gasteiger partial charge in [0.1, 0.15) is 0 Å². The molecule has 0 bridgehead atoms. The Bertz CT molecular complexity index is 574. The van der Waals surface area contributed by atoms with E-state index in [-0.39, 0.29) is 31.4 Å². The van der Waals surface area contributed by atoms with Gasteiger partial charge in [0, 0.05) is 12.8 Å². The van der Waals surface area contributed by atoms with Gasteiger partial charge in [-0.05, 0) is 25.9 Å². The largest absolute Gasteiger partial charge is 0.412 e. The molecule has 180 valence electrons. The molecule has 0 aliphatic carbocycles. The van der Waals surface area contributed by atoms with Crippen molar-refractivity contribution in [3.63, 3.8) is 0 Å². The summed E-state index contributed by atoms with van der Waals surface area (Å²) in [6, 6.07) is 0. The minimum atomic E-state index is -5.30. The van der Waals surface area contributed by atoms with E-state index in [1.807, 2.05) is 0 Å². The summed E-state index contributed by atoms with van der Waals surface area (Å²) < 4.78 is 42.9. The monoisotopic (exact) mass is 516 g/mol. The van der Waals surface area contributed by atoms with Crippen LogP contribution in [0, 0.1) is 0 Å². The summed E-state index contributed by atoms with van der Waals surface area (Å²) >= 11 is 0. The van der Waals surface area contributed by atoms with Crippen LogP contribution in [-0.2, 0) is 18.3 Å². The summed E-state index contributed by atoms with van der Waals surface area (Å²) in [7, 11) is -21.2. The van der Waals surface area contributed by atoms with E-state index in [1.54, 1.807) is 0 Å². The lowest BCUT2D eigenvalue weighted by Gasteiger charge is -2.28. The van der Waals surface area contributed by atoms with Crippen LogP contribution in [0.25, 0.3) is 0 Å². The standard InChI is InChI=1S/2C4H13NO7P2.H2O/c2*5-3-1-2-4(6,13(7,8)9)14(10,11)12;/h2*6H,1-3,5H2,(H2,7,8,9)(H2,10,11,12);1H2. The van der Waals surface area contributed by atoms with Gasteiger partial charge >= 0.3 is 30.4 Å². The Morgan fingerprint density at radius 3 is 0.828 bits per heavy atom. The lowest BCUT2D eigenvalue weighted by atomic mass is 10.3. The minimum Gasteiger partial charge on any atom is -0.412 e. The molecule has 0 saturated heterocycles. The molecule has 0 aromatic carbocycles. The van der Waals surface area contributed by atoms with Crippen molar-refractivity contribution in [2.24, 2.45) is 11.5 Å². The first-order chi connectivity index (χ1) is 12.1. The number of hydrogen-bond donors (Lipinski definition) is 12. The summed E-state index contributed by atoms with van der Waals surface area (Å²) in [5, 5.41) is 11.8. The molecule has 0 amide bonds. The van der Waals surface area contributed by atoms with Crippen molar-refractivity contribution in [1.82, 2.24) is 0 Å². The van der Waals surface area contributed by atoms with Gasteiger partial charge < -0.3 is 66.3 Å². The summed E-state index contributed by atoms with van der Waals surface area (Å²) in [4.78, 5) is 69.0. The summed E-state index contributed by atoms with van der Waals surface area (Å²) in [5.74, 6) is 0. The molecule has 0 rings (SSSR count). The Kier molecular flexibility index (Phi) is 13.9. The minimum absolute atomic E-state index is 0. The highest BCUT2D eigenvalue weighted by Gasteiger charge is 2.59. The van der Waals surface area contributed by atoms with Crippen molar-refractivity contribution in [3.8, 4) is 0 Å². The number of hydrogen-bond acceptors (Lipinski definition) is 8. The highest BCUT2D eigenvalue weighted by Crippen LogP contribution is 2.70. The molecule has 17 nitrogen and oxygen atoms in total. The zero-order valence-corrected chi connectivity index (χ0v) is 18.4. The van der Waals surface area contributed by atoms with Crippen molar-refractivity contribution in [1.29, 1.82) is 0 Å². The Labute approximate surface area is 164 Å². The van der Waals surface area contributed by atoms with Gasteiger partial charge in [-0.2, -0.15) is 0 Å². The first-order valence-electron chi connectivity index (χ1n) is 7.20. The summed E-state index contributed by atoms with van der Waals surface area (Å²) in [5.41, 5.74) is 10.0. The second kappa shape index (κ2) is 11.9. The average Bonchev–Trinajstić information content (AvgIpc) is 2.46. The lowest BCUT2D eigenvalue weighted by Crippen LogP contribution is -2.29. The van der Waals surface area contributed by atoms with E-state index in [0.29, 0.717) is 0 Å². The van der Waals surface area contributed by atoms with Gasteiger partial charge in [-0.1, -0.05) is 0 Å². The van der Waals surface area contributed by atoms with Gasteiger partial charge in [0.15, 0.2) is 0 Å². The molecule has 0 aromatic rings. The van der Waals surface area contributed by atoms with Gasteiger partial charge in [0.2, 0.25) is 0 Å². The predicted octanol–water partition coefficient (Wildman–Crippen LogP) is -3.37. The van der Waals surface area contributed by atoms with Gasteiger partial charge in [0.05, 0.1) is 0 Å². The fourth-order valence-electron chi connectivity index (χ4n) is 1.60. The quantitative estimate of drug-likeness (QED) is 0.126. The lowest BCUT2D eigenvalue weighted by molar-refractivity contribution is 0.121. The van der Waals surface area contributed by atoms with E-state index >= 15 is 0 Å². The Morgan fingerprint density at radius 1 is 0.552 bits per heavy atom. The van der Waals surface area contributed by atoms with Crippen LogP contribution in [0.3, 0.4) is 0 Å². The highest BCUT2D eigenvalue weighted by molar-refractivity contribution is 7.72. The maximum absolute atomic E-state index is 10.7. The topological polar surface area (TPSA) is 354 Å². The molecular formula is C8H28N2O15P4. The molecule has 0 spiro atoms. The molecule has 21 heteroatoms. The maximum atomic E-state index is 10.7. The third-order valence-corrected chi connectivity index (χ3v) is 11.1. The zero-order valence-electron chi connectivity index (χ0n) is 14.8. The Hall–Kier alpha value is 0.400. The molecule has 0 saturated carbocycles. The van der Waals surface area contributed by atoms with Crippen LogP contribution in [0.4, 0.5) is 0 Å². The summed E-state index contributed by atoms with van der Waals surface area (Å²) in [6.07, 6.45) is -1.71. The highest BCUT2D eigenvalue weighted by atomic mass is 31.2. The zero-order chi connectivity index (χ0) is 23.2. The molecule has 0 aliphatic heterocycles. The second-order valence-electron chi connectivity index (χ2n) is 5.51. The van der Waals surface area contributed by atoms with E-state index in [4.69, 9.17) is 50.6 Å². The van der Waals surface area contributed by atoms with E-state index in [9.17, 15) is 28.5 Å². The SMILES string of the molecule is NCCCC(O)(P(=O)(O)O)P(=O)(O)O.NCCCC(O)(P(=O)(O)O)P(=O)(O)O.O. The van der Waals surface area contributed by atoms with Crippen LogP contribution in [0.15, 0.2) is 0 Å². The third kappa shape index (κ3) is 9.19. The average molecular weight is 516 g/mol. The van der Waals surface area contributed by atoms with E-state index in [0.717, 1.165) is 0 Å². The van der Waals surface area contributed by atoms with E-state index < -0.39 is 53.4 Å². The van der Waals surface area contributed by atoms with Crippen molar-refractivity contribution < 1.29 is 73.1 Å². The van der Waals surface area contributed by atoms with Crippen LogP contribution < -0.4 is 11.5 Å². The first kappa shape index (κ1) is 34.0. The maximum Gasteiger partial charge on any atom is 0.369 e. The van der Waals surface area contributed by atoms with Gasteiger partial charge in [-0.25, -0.2) is 0 Å². The van der Waals surface area contributed by atoms with Gasteiger partial charge in [-0.3, -0.25) is 18.3 Å². The van der Waals surface area contributed by atoms with Crippen molar-refractivity contribution in [3.05, 3.63) is 0 Å². The summed E-state index contributed by atoms with van der Waals surface area (Å²) in [6.45, 7) is -0.0788. The molecule has 16 N–H and O–H groups in total. The molecule has 0 heterocycles. The molecule has 0 fully saturated rings. The van der Waals surface area contributed by atoms with Crippen LogP contribution in [0.5, 0.6) is 0 Å². The Balaban J connectivity index is -0.000000451. The smallest absolute Gasteiger partial charge is 0.369 e. The molecular weight excluding hydrogens is 488 g/mol. The Morgan fingerprint density at radius 2 is 0.724 bits per heavy atom. The molecule has 0 aromatic heterocycles. The van der Waals surface area contributed by atoms with Crippen molar-refractivity contribution in [2.75, 3.05) is 13.1 Å². The van der Waals surface area contributed by atoms with Gasteiger partial charge in [-0.15, -0.1) is 0 Å². The molecule has 0 atom stereocenters. The van der Waals surface area contributed by atoms with E-state index in [1.165, 1.54) is 0 Å². The number of rotatable bonds is 10. The van der Waals surface area contributed by atoms with Gasteiger partial charge in [0.25, 0.3) is 10.2 Å². The molecule has 0 radical (unpaired) electrons. The number of aliphatic hydroxyl groups is 2. The van der Waals surface area contributed by atoms with Crippen LogP contribution >= 0.6 is 30.4 Å². The third-order valence-electron chi connectivity index (χ3n) is 3.30. The van der Waals surface area contributed by atoms with Crippen LogP contribution in [0.1, 0.15) is 25.7 Å². The second-order valence-corrected chi connectivity index (χ2v) is 13.5. The number of nitrogens with two attached hydrogens (primary N) is 2. The van der Waals surface area contributed by atoms with Crippen LogP contribution in [0.2, 0.25) is 0 Å². The van der Waals surface area contributed by atoms with Crippen LogP contribution in [-0.4, -0.2) is 78.1 Å². The fraction of sp³-hybridized carbons (Fsp3) is 1.00. The normalized spacial score (nSPS) is 13.9. The van der Waals surface area contributed by atoms with Crippen molar-refractivity contribution >= 4 is 30.4 Å². The first-order valence-corrected chi connectivity index (χ1v) is 13.6.